The van der Waals surface area contributed by atoms with E-state index in [-0.39, 0.29) is 18.1 Å². The van der Waals surface area contributed by atoms with Gasteiger partial charge >= 0.3 is 5.69 Å². The lowest BCUT2D eigenvalue weighted by atomic mass is 10.3. The first-order valence-corrected chi connectivity index (χ1v) is 8.99. The Morgan fingerprint density at radius 1 is 1.31 bits per heavy atom. The highest BCUT2D eigenvalue weighted by Crippen LogP contribution is 2.15. The maximum atomic E-state index is 12.5. The number of amides is 1. The van der Waals surface area contributed by atoms with Crippen LogP contribution in [0.1, 0.15) is 13.3 Å². The number of carbonyl (C=O) groups excluding carboxylic acids is 1. The summed E-state index contributed by atoms with van der Waals surface area (Å²) < 4.78 is 3.47. The summed E-state index contributed by atoms with van der Waals surface area (Å²) in [5.41, 5.74) is 0.712. The third kappa shape index (κ3) is 3.77. The average molecular weight is 419 g/mol. The SMILES string of the molecule is CCCN(C)c1nccn2c(=O)n(CC(=O)Nc3ccc(Br)cc3)nc12. The number of rotatable bonds is 6. The van der Waals surface area contributed by atoms with Crippen LogP contribution in [-0.2, 0) is 11.3 Å². The Balaban J connectivity index is 1.85. The molecule has 0 saturated carbocycles. The number of nitrogens with one attached hydrogen (secondary N) is 1. The second-order valence-corrected chi connectivity index (χ2v) is 6.78. The Bertz CT molecular complexity index is 979. The number of benzene rings is 1. The van der Waals surface area contributed by atoms with E-state index >= 15 is 0 Å². The van der Waals surface area contributed by atoms with Crippen molar-refractivity contribution in [2.24, 2.45) is 0 Å². The maximum Gasteiger partial charge on any atom is 0.350 e. The molecule has 2 aromatic heterocycles. The summed E-state index contributed by atoms with van der Waals surface area (Å²) in [4.78, 5) is 31.0. The first-order chi connectivity index (χ1) is 12.5. The topological polar surface area (TPSA) is 84.5 Å². The Hall–Kier alpha value is -2.68. The summed E-state index contributed by atoms with van der Waals surface area (Å²) in [5, 5.41) is 7.06. The second-order valence-electron chi connectivity index (χ2n) is 5.86. The van der Waals surface area contributed by atoms with Crippen molar-refractivity contribution in [2.45, 2.75) is 19.9 Å². The lowest BCUT2D eigenvalue weighted by Gasteiger charge is -2.16. The highest BCUT2D eigenvalue weighted by atomic mass is 79.9. The van der Waals surface area contributed by atoms with E-state index in [0.29, 0.717) is 17.2 Å². The Labute approximate surface area is 158 Å². The van der Waals surface area contributed by atoms with Gasteiger partial charge in [-0.2, -0.15) is 0 Å². The number of aromatic nitrogens is 4. The zero-order chi connectivity index (χ0) is 18.7. The fourth-order valence-corrected chi connectivity index (χ4v) is 2.88. The number of anilines is 2. The molecule has 1 amide bonds. The standard InChI is InChI=1S/C17H19BrN6O2/c1-3-9-22(2)15-16-21-24(17(26)23(16)10-8-19-15)11-14(25)20-13-6-4-12(18)5-7-13/h4-8,10H,3,9,11H2,1-2H3,(H,20,25). The third-order valence-corrected chi connectivity index (χ3v) is 4.35. The van der Waals surface area contributed by atoms with Gasteiger partial charge in [-0.25, -0.2) is 18.9 Å². The van der Waals surface area contributed by atoms with Gasteiger partial charge in [-0.1, -0.05) is 22.9 Å². The van der Waals surface area contributed by atoms with Gasteiger partial charge in [0.05, 0.1) is 0 Å². The zero-order valence-corrected chi connectivity index (χ0v) is 16.1. The van der Waals surface area contributed by atoms with E-state index < -0.39 is 0 Å². The number of hydrogen-bond acceptors (Lipinski definition) is 5. The number of halogens is 1. The minimum absolute atomic E-state index is 0.173. The average Bonchev–Trinajstić information content (AvgIpc) is 2.93. The summed E-state index contributed by atoms with van der Waals surface area (Å²) in [5.74, 6) is 0.285. The summed E-state index contributed by atoms with van der Waals surface area (Å²) >= 11 is 3.34. The first-order valence-electron chi connectivity index (χ1n) is 8.20. The van der Waals surface area contributed by atoms with Crippen LogP contribution < -0.4 is 15.9 Å². The Morgan fingerprint density at radius 2 is 2.04 bits per heavy atom. The zero-order valence-electron chi connectivity index (χ0n) is 14.5. The molecule has 26 heavy (non-hydrogen) atoms. The van der Waals surface area contributed by atoms with Crippen LogP contribution in [0.3, 0.4) is 0 Å². The molecule has 0 saturated heterocycles. The molecule has 0 atom stereocenters. The monoisotopic (exact) mass is 418 g/mol. The van der Waals surface area contributed by atoms with Crippen molar-refractivity contribution in [3.63, 3.8) is 0 Å². The molecule has 0 unspecified atom stereocenters. The molecule has 3 rings (SSSR count). The molecule has 0 spiro atoms. The van der Waals surface area contributed by atoms with Gasteiger partial charge in [-0.3, -0.25) is 4.79 Å². The molecule has 3 aromatic rings. The van der Waals surface area contributed by atoms with Crippen LogP contribution >= 0.6 is 15.9 Å². The quantitative estimate of drug-likeness (QED) is 0.662. The van der Waals surface area contributed by atoms with Gasteiger partial charge in [0.2, 0.25) is 11.6 Å². The third-order valence-electron chi connectivity index (χ3n) is 3.83. The lowest BCUT2D eigenvalue weighted by molar-refractivity contribution is -0.117. The second kappa shape index (κ2) is 7.69. The Morgan fingerprint density at radius 3 is 2.73 bits per heavy atom. The molecule has 1 aromatic carbocycles. The van der Waals surface area contributed by atoms with E-state index in [4.69, 9.17) is 0 Å². The van der Waals surface area contributed by atoms with Gasteiger partial charge in [0, 0.05) is 36.1 Å². The number of nitrogens with zero attached hydrogens (tertiary/aromatic N) is 5. The largest absolute Gasteiger partial charge is 0.357 e. The maximum absolute atomic E-state index is 12.5. The number of fused-ring (bicyclic) bond motifs is 1. The molecule has 0 bridgehead atoms. The van der Waals surface area contributed by atoms with Crippen molar-refractivity contribution in [2.75, 3.05) is 23.8 Å². The first kappa shape index (κ1) is 18.1. The molecular weight excluding hydrogens is 400 g/mol. The summed E-state index contributed by atoms with van der Waals surface area (Å²) in [6.07, 6.45) is 4.06. The molecule has 136 valence electrons. The van der Waals surface area contributed by atoms with Gasteiger partial charge in [-0.15, -0.1) is 5.10 Å². The summed E-state index contributed by atoms with van der Waals surface area (Å²) in [6, 6.07) is 7.20. The van der Waals surface area contributed by atoms with Crippen molar-refractivity contribution in [3.8, 4) is 0 Å². The molecule has 0 aliphatic heterocycles. The van der Waals surface area contributed by atoms with E-state index in [0.717, 1.165) is 22.1 Å². The lowest BCUT2D eigenvalue weighted by Crippen LogP contribution is -2.28. The predicted molar refractivity (Wildman–Crippen MR) is 104 cm³/mol. The molecule has 0 aliphatic carbocycles. The molecular formula is C17H19BrN6O2. The minimum Gasteiger partial charge on any atom is -0.357 e. The smallest absolute Gasteiger partial charge is 0.350 e. The van der Waals surface area contributed by atoms with Crippen LogP contribution in [0.4, 0.5) is 11.5 Å². The van der Waals surface area contributed by atoms with E-state index in [1.165, 1.54) is 4.40 Å². The predicted octanol–water partition coefficient (Wildman–Crippen LogP) is 2.14. The molecule has 0 fully saturated rings. The van der Waals surface area contributed by atoms with Crippen LogP contribution in [-0.4, -0.2) is 38.7 Å². The van der Waals surface area contributed by atoms with Crippen molar-refractivity contribution in [1.82, 2.24) is 19.2 Å². The molecule has 9 heteroatoms. The molecule has 8 nitrogen and oxygen atoms in total. The van der Waals surface area contributed by atoms with Gasteiger partial charge in [0.1, 0.15) is 6.54 Å². The summed E-state index contributed by atoms with van der Waals surface area (Å²) in [6.45, 7) is 2.68. The van der Waals surface area contributed by atoms with Crippen LogP contribution in [0.5, 0.6) is 0 Å². The van der Waals surface area contributed by atoms with E-state index in [2.05, 4.69) is 38.3 Å². The minimum atomic E-state index is -0.375. The highest BCUT2D eigenvalue weighted by Gasteiger charge is 2.16. The van der Waals surface area contributed by atoms with Crippen molar-refractivity contribution in [3.05, 3.63) is 51.6 Å². The highest BCUT2D eigenvalue weighted by molar-refractivity contribution is 9.10. The number of hydrogen-bond donors (Lipinski definition) is 1. The van der Waals surface area contributed by atoms with Crippen LogP contribution in [0.25, 0.3) is 5.65 Å². The van der Waals surface area contributed by atoms with Crippen molar-refractivity contribution < 1.29 is 4.79 Å². The fourth-order valence-electron chi connectivity index (χ4n) is 2.62. The normalized spacial score (nSPS) is 10.9. The van der Waals surface area contributed by atoms with E-state index in [1.54, 1.807) is 24.5 Å². The van der Waals surface area contributed by atoms with Crippen molar-refractivity contribution in [1.29, 1.82) is 0 Å². The molecule has 2 heterocycles. The van der Waals surface area contributed by atoms with Crippen LogP contribution in [0.15, 0.2) is 45.9 Å². The van der Waals surface area contributed by atoms with Gasteiger partial charge in [-0.05, 0) is 30.7 Å². The molecule has 0 radical (unpaired) electrons. The summed E-state index contributed by atoms with van der Waals surface area (Å²) in [7, 11) is 1.90. The van der Waals surface area contributed by atoms with Gasteiger partial charge in [0.25, 0.3) is 0 Å². The van der Waals surface area contributed by atoms with E-state index in [9.17, 15) is 9.59 Å². The fraction of sp³-hybridized carbons (Fsp3) is 0.294. The van der Waals surface area contributed by atoms with Crippen LogP contribution in [0.2, 0.25) is 0 Å². The van der Waals surface area contributed by atoms with Crippen LogP contribution in [0, 0.1) is 0 Å². The van der Waals surface area contributed by atoms with Gasteiger partial charge < -0.3 is 10.2 Å². The molecule has 0 aliphatic rings. The Kier molecular flexibility index (Phi) is 5.36. The molecule has 1 N–H and O–H groups in total. The van der Waals surface area contributed by atoms with E-state index in [1.807, 2.05) is 24.1 Å². The number of carbonyl (C=O) groups is 1. The van der Waals surface area contributed by atoms with Crippen molar-refractivity contribution >= 4 is 39.0 Å². The van der Waals surface area contributed by atoms with Gasteiger partial charge in [0.15, 0.2) is 5.82 Å².